The van der Waals surface area contributed by atoms with Crippen molar-refractivity contribution in [3.05, 3.63) is 72.8 Å². The van der Waals surface area contributed by atoms with Crippen LogP contribution < -0.4 is 4.74 Å². The van der Waals surface area contributed by atoms with Gasteiger partial charge in [-0.1, -0.05) is 48.5 Å². The summed E-state index contributed by atoms with van der Waals surface area (Å²) in [6.07, 6.45) is 0.0177. The lowest BCUT2D eigenvalue weighted by atomic mass is 9.80. The van der Waals surface area contributed by atoms with Gasteiger partial charge in [0.1, 0.15) is 18.3 Å². The third-order valence-electron chi connectivity index (χ3n) is 6.05. The molecule has 1 aliphatic heterocycles. The first-order valence-corrected chi connectivity index (χ1v) is 11.9. The van der Waals surface area contributed by atoms with E-state index in [1.165, 1.54) is 4.31 Å². The second-order valence-electron chi connectivity index (χ2n) is 8.03. The third-order valence-corrected chi connectivity index (χ3v) is 7.95. The molecule has 7 nitrogen and oxygen atoms in total. The van der Waals surface area contributed by atoms with E-state index in [0.717, 1.165) is 10.8 Å². The Morgan fingerprint density at radius 3 is 2.25 bits per heavy atom. The number of nitrogens with zero attached hydrogens (tertiary/aromatic N) is 1. The number of carbonyl (C=O) groups is 1. The zero-order valence-electron chi connectivity index (χ0n) is 17.4. The Balaban J connectivity index is 1.47. The molecule has 0 amide bonds. The van der Waals surface area contributed by atoms with Crippen molar-refractivity contribution in [2.45, 2.75) is 23.3 Å². The summed E-state index contributed by atoms with van der Waals surface area (Å²) in [5.74, 6) is -1.83. The first-order chi connectivity index (χ1) is 15.3. The van der Waals surface area contributed by atoms with Crippen molar-refractivity contribution >= 4 is 26.8 Å². The van der Waals surface area contributed by atoms with Crippen LogP contribution in [0.2, 0.25) is 0 Å². The molecule has 1 atom stereocenters. The zero-order valence-corrected chi connectivity index (χ0v) is 18.2. The van der Waals surface area contributed by atoms with E-state index in [2.05, 4.69) is 0 Å². The number of fused-ring (bicyclic) bond motifs is 1. The van der Waals surface area contributed by atoms with Crippen LogP contribution >= 0.6 is 0 Å². The number of hydrogen-bond acceptors (Lipinski definition) is 5. The molecule has 0 aliphatic carbocycles. The van der Waals surface area contributed by atoms with Crippen LogP contribution in [-0.2, 0) is 14.8 Å². The van der Waals surface area contributed by atoms with Crippen molar-refractivity contribution in [3.63, 3.8) is 0 Å². The summed E-state index contributed by atoms with van der Waals surface area (Å²) < 4.78 is 33.2. The molecule has 1 saturated heterocycles. The van der Waals surface area contributed by atoms with Gasteiger partial charge in [0, 0.05) is 13.1 Å². The summed E-state index contributed by atoms with van der Waals surface area (Å²) in [5, 5.41) is 22.6. The fraction of sp³-hybridized carbons (Fsp3) is 0.292. The molecule has 8 heteroatoms. The third kappa shape index (κ3) is 4.48. The number of para-hydroxylation sites is 1. The van der Waals surface area contributed by atoms with Gasteiger partial charge < -0.3 is 14.9 Å². The Bertz CT molecular complexity index is 1200. The van der Waals surface area contributed by atoms with Gasteiger partial charge in [0.2, 0.25) is 10.0 Å². The molecule has 0 aromatic heterocycles. The predicted octanol–water partition coefficient (Wildman–Crippen LogP) is 3.14. The normalized spacial score (nSPS) is 17.7. The zero-order chi connectivity index (χ0) is 22.8. The molecule has 168 valence electrons. The summed E-state index contributed by atoms with van der Waals surface area (Å²) in [7, 11) is -3.76. The highest BCUT2D eigenvalue weighted by molar-refractivity contribution is 7.89. The molecule has 3 aromatic carbocycles. The van der Waals surface area contributed by atoms with Crippen LogP contribution in [0.25, 0.3) is 10.8 Å². The van der Waals surface area contributed by atoms with Crippen molar-refractivity contribution < 1.29 is 28.2 Å². The Morgan fingerprint density at radius 2 is 1.59 bits per heavy atom. The second kappa shape index (κ2) is 8.90. The average Bonchev–Trinajstić information content (AvgIpc) is 2.79. The minimum absolute atomic E-state index is 0.00886. The summed E-state index contributed by atoms with van der Waals surface area (Å²) in [4.78, 5) is 12.1. The molecule has 1 fully saturated rings. The maximum absolute atomic E-state index is 13.2. The number of aliphatic carboxylic acids is 1. The van der Waals surface area contributed by atoms with Crippen LogP contribution in [0.4, 0.5) is 0 Å². The highest BCUT2D eigenvalue weighted by atomic mass is 32.2. The van der Waals surface area contributed by atoms with Gasteiger partial charge in [-0.25, -0.2) is 8.42 Å². The van der Waals surface area contributed by atoms with Crippen LogP contribution in [-0.4, -0.2) is 54.2 Å². The Hall–Kier alpha value is -2.94. The van der Waals surface area contributed by atoms with Crippen molar-refractivity contribution in [2.24, 2.45) is 5.92 Å². The summed E-state index contributed by atoms with van der Waals surface area (Å²) in [6, 6.07) is 21.3. The lowest BCUT2D eigenvalue weighted by molar-refractivity contribution is -0.157. The molecule has 4 rings (SSSR count). The van der Waals surface area contributed by atoms with E-state index >= 15 is 0 Å². The minimum atomic E-state index is -3.76. The molecule has 2 N–H and O–H groups in total. The fourth-order valence-electron chi connectivity index (χ4n) is 4.09. The number of rotatable bonds is 7. The number of ether oxygens (including phenoxy) is 1. The van der Waals surface area contributed by atoms with E-state index in [4.69, 9.17) is 4.74 Å². The van der Waals surface area contributed by atoms with E-state index in [-0.39, 0.29) is 37.4 Å². The van der Waals surface area contributed by atoms with Gasteiger partial charge in [0.15, 0.2) is 0 Å². The topological polar surface area (TPSA) is 104 Å². The van der Waals surface area contributed by atoms with E-state index in [9.17, 15) is 23.4 Å². The van der Waals surface area contributed by atoms with Gasteiger partial charge in [-0.3, -0.25) is 4.79 Å². The van der Waals surface area contributed by atoms with Gasteiger partial charge in [-0.15, -0.1) is 0 Å². The number of carboxylic acids is 1. The summed E-state index contributed by atoms with van der Waals surface area (Å²) >= 11 is 0. The van der Waals surface area contributed by atoms with Crippen LogP contribution in [0.15, 0.2) is 77.7 Å². The van der Waals surface area contributed by atoms with Crippen molar-refractivity contribution in [1.82, 2.24) is 4.31 Å². The molecular weight excluding hydrogens is 430 g/mol. The molecular formula is C24H25NO6S. The molecule has 0 spiro atoms. The molecule has 0 saturated carbocycles. The first kappa shape index (κ1) is 22.3. The highest BCUT2D eigenvalue weighted by Gasteiger charge is 2.46. The quantitative estimate of drug-likeness (QED) is 0.567. The number of hydrogen-bond donors (Lipinski definition) is 2. The molecule has 1 aliphatic rings. The van der Waals surface area contributed by atoms with Gasteiger partial charge in [0.25, 0.3) is 0 Å². The predicted molar refractivity (Wildman–Crippen MR) is 120 cm³/mol. The van der Waals surface area contributed by atoms with Crippen molar-refractivity contribution in [2.75, 3.05) is 19.7 Å². The second-order valence-corrected chi connectivity index (χ2v) is 9.97. The lowest BCUT2D eigenvalue weighted by Gasteiger charge is -2.40. The Morgan fingerprint density at radius 1 is 0.969 bits per heavy atom. The van der Waals surface area contributed by atoms with Crippen LogP contribution in [0, 0.1) is 5.92 Å². The largest absolute Gasteiger partial charge is 0.493 e. The van der Waals surface area contributed by atoms with Crippen LogP contribution in [0.3, 0.4) is 0 Å². The number of benzene rings is 3. The summed E-state index contributed by atoms with van der Waals surface area (Å²) in [5.41, 5.74) is -1.56. The number of carboxylic acid groups (broad SMARTS) is 1. The van der Waals surface area contributed by atoms with E-state index < -0.39 is 27.5 Å². The molecule has 32 heavy (non-hydrogen) atoms. The minimum Gasteiger partial charge on any atom is -0.493 e. The van der Waals surface area contributed by atoms with E-state index in [1.807, 2.05) is 30.3 Å². The SMILES string of the molecule is O=C(O)C(COc1ccccc1)C1(O)CCN(S(=O)(=O)c2ccc3ccccc3c2)CC1. The molecule has 1 unspecified atom stereocenters. The maximum Gasteiger partial charge on any atom is 0.312 e. The Kier molecular flexibility index (Phi) is 6.19. The smallest absolute Gasteiger partial charge is 0.312 e. The van der Waals surface area contributed by atoms with Crippen molar-refractivity contribution in [1.29, 1.82) is 0 Å². The summed E-state index contributed by atoms with van der Waals surface area (Å²) in [6.45, 7) is -0.144. The fourth-order valence-corrected chi connectivity index (χ4v) is 5.57. The van der Waals surface area contributed by atoms with Crippen LogP contribution in [0.1, 0.15) is 12.8 Å². The van der Waals surface area contributed by atoms with Crippen LogP contribution in [0.5, 0.6) is 5.75 Å². The van der Waals surface area contributed by atoms with E-state index in [0.29, 0.717) is 5.75 Å². The van der Waals surface area contributed by atoms with Gasteiger partial charge in [-0.2, -0.15) is 4.31 Å². The monoisotopic (exact) mass is 455 g/mol. The molecule has 0 radical (unpaired) electrons. The van der Waals surface area contributed by atoms with E-state index in [1.54, 1.807) is 42.5 Å². The molecule has 0 bridgehead atoms. The first-order valence-electron chi connectivity index (χ1n) is 10.4. The average molecular weight is 456 g/mol. The standard InChI is InChI=1S/C24H25NO6S/c26-23(27)22(17-31-20-8-2-1-3-9-20)24(28)12-14-25(15-13-24)32(29,30)21-11-10-18-6-4-5-7-19(18)16-21/h1-11,16,22,28H,12-15,17H2,(H,26,27). The molecule has 3 aromatic rings. The van der Waals surface area contributed by atoms with Gasteiger partial charge >= 0.3 is 5.97 Å². The number of sulfonamides is 1. The van der Waals surface area contributed by atoms with Gasteiger partial charge in [-0.05, 0) is 47.9 Å². The maximum atomic E-state index is 13.2. The Labute approximate surface area is 186 Å². The highest BCUT2D eigenvalue weighted by Crippen LogP contribution is 2.33. The molecule has 1 heterocycles. The lowest BCUT2D eigenvalue weighted by Crippen LogP contribution is -2.53. The number of piperidine rings is 1. The van der Waals surface area contributed by atoms with Crippen molar-refractivity contribution in [3.8, 4) is 5.75 Å². The van der Waals surface area contributed by atoms with Gasteiger partial charge in [0.05, 0.1) is 10.5 Å². The number of aliphatic hydroxyl groups is 1.